The molecule has 0 fully saturated rings. The fourth-order valence-electron chi connectivity index (χ4n) is 2.95. The van der Waals surface area contributed by atoms with Crippen LogP contribution in [0.15, 0.2) is 42.5 Å². The van der Waals surface area contributed by atoms with Gasteiger partial charge < -0.3 is 19.7 Å². The van der Waals surface area contributed by atoms with Gasteiger partial charge in [-0.1, -0.05) is 18.2 Å². The fourth-order valence-corrected chi connectivity index (χ4v) is 2.95. The van der Waals surface area contributed by atoms with Gasteiger partial charge in [0.2, 0.25) is 11.8 Å². The first-order chi connectivity index (χ1) is 13.4. The van der Waals surface area contributed by atoms with E-state index in [2.05, 4.69) is 5.32 Å². The lowest BCUT2D eigenvalue weighted by Gasteiger charge is -2.21. The quantitative estimate of drug-likeness (QED) is 0.721. The van der Waals surface area contributed by atoms with Crippen LogP contribution < -0.4 is 19.7 Å². The molecule has 6 heteroatoms. The van der Waals surface area contributed by atoms with Crippen LogP contribution >= 0.6 is 0 Å². The summed E-state index contributed by atoms with van der Waals surface area (Å²) in [6.45, 7) is 4.35. The highest BCUT2D eigenvalue weighted by Gasteiger charge is 2.13. The van der Waals surface area contributed by atoms with Gasteiger partial charge in [-0.15, -0.1) is 0 Å². The first-order valence-electron chi connectivity index (χ1n) is 9.27. The van der Waals surface area contributed by atoms with Crippen molar-refractivity contribution in [3.05, 3.63) is 53.6 Å². The monoisotopic (exact) mass is 384 g/mol. The molecule has 28 heavy (non-hydrogen) atoms. The molecule has 0 unspecified atom stereocenters. The maximum atomic E-state index is 12.2. The summed E-state index contributed by atoms with van der Waals surface area (Å²) in [5.41, 5.74) is 2.93. The third-order valence-corrected chi connectivity index (χ3v) is 4.44. The van der Waals surface area contributed by atoms with Crippen molar-refractivity contribution in [2.24, 2.45) is 0 Å². The van der Waals surface area contributed by atoms with Crippen LogP contribution in [0.1, 0.15) is 24.5 Å². The molecule has 0 spiro atoms. The summed E-state index contributed by atoms with van der Waals surface area (Å²) in [4.78, 5) is 25.8. The molecule has 0 saturated heterocycles. The van der Waals surface area contributed by atoms with E-state index in [9.17, 15) is 9.59 Å². The van der Waals surface area contributed by atoms with E-state index >= 15 is 0 Å². The topological polar surface area (TPSA) is 67.9 Å². The number of rotatable bonds is 9. The molecule has 2 rings (SSSR count). The van der Waals surface area contributed by atoms with Gasteiger partial charge in [-0.05, 0) is 48.7 Å². The van der Waals surface area contributed by atoms with Crippen LogP contribution in [-0.2, 0) is 16.0 Å². The molecule has 2 aromatic rings. The van der Waals surface area contributed by atoms with Crippen molar-refractivity contribution < 1.29 is 19.1 Å². The molecule has 0 atom stereocenters. The highest BCUT2D eigenvalue weighted by atomic mass is 16.5. The van der Waals surface area contributed by atoms with Crippen LogP contribution in [0.25, 0.3) is 0 Å². The first kappa shape index (κ1) is 21.3. The van der Waals surface area contributed by atoms with E-state index in [1.54, 1.807) is 19.1 Å². The second-order valence-electron chi connectivity index (χ2n) is 6.55. The average Bonchev–Trinajstić information content (AvgIpc) is 2.67. The number of ether oxygens (including phenoxy) is 2. The second-order valence-corrected chi connectivity index (χ2v) is 6.55. The van der Waals surface area contributed by atoms with Gasteiger partial charge in [0.15, 0.2) is 11.5 Å². The molecule has 0 radical (unpaired) electrons. The molecule has 0 bridgehead atoms. The predicted molar refractivity (Wildman–Crippen MR) is 110 cm³/mol. The van der Waals surface area contributed by atoms with E-state index in [1.165, 1.54) is 6.92 Å². The number of nitrogens with one attached hydrogen (secondary N) is 1. The molecule has 2 amide bonds. The predicted octanol–water partition coefficient (Wildman–Crippen LogP) is 3.11. The zero-order valence-corrected chi connectivity index (χ0v) is 17.0. The molecule has 150 valence electrons. The van der Waals surface area contributed by atoms with Crippen LogP contribution in [0.4, 0.5) is 5.69 Å². The number of aryl methyl sites for hydroxylation is 1. The number of anilines is 1. The minimum Gasteiger partial charge on any atom is -0.493 e. The van der Waals surface area contributed by atoms with Crippen molar-refractivity contribution in [2.75, 3.05) is 32.2 Å². The summed E-state index contributed by atoms with van der Waals surface area (Å²) in [6.07, 6.45) is 0.930. The molecule has 6 nitrogen and oxygen atoms in total. The number of amides is 2. The SMILES string of the molecule is COc1ccc(CCNC(=O)CCN(C(C)=O)c2cccc(C)c2)cc1OC. The minimum absolute atomic E-state index is 0.0799. The van der Waals surface area contributed by atoms with Crippen molar-refractivity contribution in [1.82, 2.24) is 5.32 Å². The largest absolute Gasteiger partial charge is 0.493 e. The number of nitrogens with zero attached hydrogens (tertiary/aromatic N) is 1. The summed E-state index contributed by atoms with van der Waals surface area (Å²) in [5, 5.41) is 2.91. The van der Waals surface area contributed by atoms with Crippen molar-refractivity contribution >= 4 is 17.5 Å². The molecular formula is C22H28N2O4. The highest BCUT2D eigenvalue weighted by molar-refractivity contribution is 5.92. The van der Waals surface area contributed by atoms with Crippen molar-refractivity contribution in [3.8, 4) is 11.5 Å². The van der Waals surface area contributed by atoms with Gasteiger partial charge in [-0.3, -0.25) is 9.59 Å². The Morgan fingerprint density at radius 3 is 2.43 bits per heavy atom. The van der Waals surface area contributed by atoms with Crippen LogP contribution in [0.3, 0.4) is 0 Å². The number of hydrogen-bond acceptors (Lipinski definition) is 4. The average molecular weight is 384 g/mol. The van der Waals surface area contributed by atoms with Gasteiger partial charge in [0.25, 0.3) is 0 Å². The van der Waals surface area contributed by atoms with Gasteiger partial charge in [-0.2, -0.15) is 0 Å². The Bertz CT molecular complexity index is 820. The zero-order chi connectivity index (χ0) is 20.5. The summed E-state index contributed by atoms with van der Waals surface area (Å²) < 4.78 is 10.5. The standard InChI is InChI=1S/C22H28N2O4/c1-16-6-5-7-19(14-16)24(17(2)25)13-11-22(26)23-12-10-18-8-9-20(27-3)21(15-18)28-4/h5-9,14-15H,10-13H2,1-4H3,(H,23,26). The van der Waals surface area contributed by atoms with E-state index in [-0.39, 0.29) is 18.2 Å². The first-order valence-corrected chi connectivity index (χ1v) is 9.27. The molecule has 0 aliphatic rings. The Kier molecular flexibility index (Phi) is 7.87. The maximum absolute atomic E-state index is 12.2. The molecular weight excluding hydrogens is 356 g/mol. The van der Waals surface area contributed by atoms with Gasteiger partial charge >= 0.3 is 0 Å². The Labute approximate surface area is 166 Å². The Morgan fingerprint density at radius 2 is 1.79 bits per heavy atom. The summed E-state index contributed by atoms with van der Waals surface area (Å²) >= 11 is 0. The molecule has 0 saturated carbocycles. The fraction of sp³-hybridized carbons (Fsp3) is 0.364. The lowest BCUT2D eigenvalue weighted by Crippen LogP contribution is -2.34. The second kappa shape index (κ2) is 10.3. The van der Waals surface area contributed by atoms with Crippen molar-refractivity contribution in [1.29, 1.82) is 0 Å². The number of benzene rings is 2. The summed E-state index contributed by atoms with van der Waals surface area (Å²) in [5.74, 6) is 1.18. The third-order valence-electron chi connectivity index (χ3n) is 4.44. The van der Waals surface area contributed by atoms with E-state index in [0.29, 0.717) is 31.0 Å². The van der Waals surface area contributed by atoms with Crippen molar-refractivity contribution in [3.63, 3.8) is 0 Å². The molecule has 1 N–H and O–H groups in total. The van der Waals surface area contributed by atoms with Gasteiger partial charge in [0.1, 0.15) is 0 Å². The van der Waals surface area contributed by atoms with Crippen LogP contribution in [0, 0.1) is 6.92 Å². The van der Waals surface area contributed by atoms with E-state index in [0.717, 1.165) is 16.8 Å². The number of methoxy groups -OCH3 is 2. The van der Waals surface area contributed by atoms with Gasteiger partial charge in [-0.25, -0.2) is 0 Å². The van der Waals surface area contributed by atoms with Gasteiger partial charge in [0, 0.05) is 32.1 Å². The number of hydrogen-bond donors (Lipinski definition) is 1. The Hall–Kier alpha value is -3.02. The zero-order valence-electron chi connectivity index (χ0n) is 17.0. The molecule has 0 aliphatic heterocycles. The summed E-state index contributed by atoms with van der Waals surface area (Å²) in [6, 6.07) is 13.4. The van der Waals surface area contributed by atoms with E-state index in [4.69, 9.17) is 9.47 Å². The van der Waals surface area contributed by atoms with Gasteiger partial charge in [0.05, 0.1) is 14.2 Å². The summed E-state index contributed by atoms with van der Waals surface area (Å²) in [7, 11) is 3.19. The van der Waals surface area contributed by atoms with E-state index < -0.39 is 0 Å². The minimum atomic E-state index is -0.0839. The van der Waals surface area contributed by atoms with E-state index in [1.807, 2.05) is 49.4 Å². The third kappa shape index (κ3) is 6.01. The highest BCUT2D eigenvalue weighted by Crippen LogP contribution is 2.27. The van der Waals surface area contributed by atoms with Crippen LogP contribution in [0.5, 0.6) is 11.5 Å². The molecule has 0 aromatic heterocycles. The number of carbonyl (C=O) groups is 2. The molecule has 0 heterocycles. The van der Waals surface area contributed by atoms with Crippen molar-refractivity contribution in [2.45, 2.75) is 26.7 Å². The number of carbonyl (C=O) groups excluding carboxylic acids is 2. The smallest absolute Gasteiger partial charge is 0.223 e. The normalized spacial score (nSPS) is 10.3. The molecule has 2 aromatic carbocycles. The lowest BCUT2D eigenvalue weighted by molar-refractivity contribution is -0.121. The van der Waals surface area contributed by atoms with Crippen LogP contribution in [0.2, 0.25) is 0 Å². The Balaban J connectivity index is 1.84. The van der Waals surface area contributed by atoms with Crippen LogP contribution in [-0.4, -0.2) is 39.1 Å². The maximum Gasteiger partial charge on any atom is 0.223 e. The molecule has 0 aliphatic carbocycles. The Morgan fingerprint density at radius 1 is 1.04 bits per heavy atom. The lowest BCUT2D eigenvalue weighted by atomic mass is 10.1.